The average Bonchev–Trinajstić information content (AvgIpc) is 2.47. The number of piperidine rings is 1. The first-order chi connectivity index (χ1) is 10.5. The van der Waals surface area contributed by atoms with Crippen LogP contribution in [-0.4, -0.2) is 26.1 Å². The summed E-state index contributed by atoms with van der Waals surface area (Å²) in [6.07, 6.45) is 7.16. The van der Waals surface area contributed by atoms with Crippen molar-refractivity contribution in [3.8, 4) is 0 Å². The number of likely N-dealkylation sites (tertiary alicyclic amines) is 1. The molecule has 1 aliphatic rings. The molecule has 1 saturated heterocycles. The van der Waals surface area contributed by atoms with Crippen molar-refractivity contribution in [2.75, 3.05) is 13.1 Å². The van der Waals surface area contributed by atoms with Crippen molar-refractivity contribution in [2.24, 2.45) is 5.92 Å². The van der Waals surface area contributed by atoms with E-state index < -0.39 is 8.07 Å². The molecule has 1 nitrogen and oxygen atoms in total. The zero-order valence-corrected chi connectivity index (χ0v) is 15.7. The Labute approximate surface area is 137 Å². The van der Waals surface area contributed by atoms with Gasteiger partial charge in [-0.15, -0.1) is 0 Å². The van der Waals surface area contributed by atoms with E-state index in [1.54, 1.807) is 5.57 Å². The van der Waals surface area contributed by atoms with Crippen molar-refractivity contribution in [2.45, 2.75) is 46.0 Å². The number of benzene rings is 1. The second-order valence-electron chi connectivity index (χ2n) is 7.50. The lowest BCUT2D eigenvalue weighted by atomic mass is 9.92. The van der Waals surface area contributed by atoms with Gasteiger partial charge in [-0.25, -0.2) is 0 Å². The van der Waals surface area contributed by atoms with Crippen LogP contribution < -0.4 is 0 Å². The minimum atomic E-state index is -1.14. The molecule has 0 radical (unpaired) electrons. The summed E-state index contributed by atoms with van der Waals surface area (Å²) in [5, 5.41) is 0. The molecule has 22 heavy (non-hydrogen) atoms. The Morgan fingerprint density at radius 1 is 1.18 bits per heavy atom. The molecule has 0 N–H and O–H groups in total. The topological polar surface area (TPSA) is 3.24 Å². The third-order valence-corrected chi connectivity index (χ3v) is 5.36. The van der Waals surface area contributed by atoms with Gasteiger partial charge in [-0.3, -0.25) is 4.90 Å². The zero-order chi connectivity index (χ0) is 16.0. The van der Waals surface area contributed by atoms with Crippen molar-refractivity contribution in [1.82, 2.24) is 4.90 Å². The molecule has 1 aliphatic heterocycles. The standard InChI is InChI=1S/C20H31NSi/c1-5-6-12-19-16-21(15-18-10-8-7-9-11-18)14-13-20(19)17-22(2,3)4/h6-12,17,19H,5,13-16H2,1-4H3/b12-6-,20-17+/t19-/m1/s1. The van der Waals surface area contributed by atoms with E-state index in [0.717, 1.165) is 13.0 Å². The molecular formula is C20H31NSi. The maximum Gasteiger partial charge on any atom is 0.0686 e. The smallest absolute Gasteiger partial charge is 0.0686 e. The maximum atomic E-state index is 2.64. The molecule has 0 aromatic heterocycles. The first-order valence-corrected chi connectivity index (χ1v) is 12.2. The largest absolute Gasteiger partial charge is 0.298 e. The minimum absolute atomic E-state index is 0.615. The molecule has 0 saturated carbocycles. The zero-order valence-electron chi connectivity index (χ0n) is 14.7. The number of nitrogens with zero attached hydrogens (tertiary/aromatic N) is 1. The predicted molar refractivity (Wildman–Crippen MR) is 101 cm³/mol. The van der Waals surface area contributed by atoms with Gasteiger partial charge >= 0.3 is 0 Å². The van der Waals surface area contributed by atoms with E-state index >= 15 is 0 Å². The van der Waals surface area contributed by atoms with Crippen LogP contribution in [0.25, 0.3) is 0 Å². The van der Waals surface area contributed by atoms with E-state index in [2.05, 4.69) is 79.6 Å². The highest BCUT2D eigenvalue weighted by Gasteiger charge is 2.24. The monoisotopic (exact) mass is 313 g/mol. The first kappa shape index (κ1) is 17.2. The summed E-state index contributed by atoms with van der Waals surface area (Å²) in [7, 11) is -1.14. The fourth-order valence-electron chi connectivity index (χ4n) is 3.16. The molecule has 1 aromatic rings. The van der Waals surface area contributed by atoms with Crippen molar-refractivity contribution in [3.05, 3.63) is 59.3 Å². The van der Waals surface area contributed by atoms with Gasteiger partial charge in [0, 0.05) is 25.6 Å². The van der Waals surface area contributed by atoms with Gasteiger partial charge in [0.1, 0.15) is 0 Å². The number of rotatable bonds is 5. The molecule has 0 unspecified atom stereocenters. The molecule has 0 aliphatic carbocycles. The van der Waals surface area contributed by atoms with Crippen LogP contribution in [0.15, 0.2) is 53.8 Å². The third-order valence-electron chi connectivity index (χ3n) is 4.12. The summed E-state index contributed by atoms with van der Waals surface area (Å²) in [6.45, 7) is 13.0. The Morgan fingerprint density at radius 3 is 2.55 bits per heavy atom. The number of allylic oxidation sites excluding steroid dienone is 1. The van der Waals surface area contributed by atoms with Crippen LogP contribution in [-0.2, 0) is 6.54 Å². The normalized spacial score (nSPS) is 22.5. The summed E-state index contributed by atoms with van der Waals surface area (Å²) in [5.41, 5.74) is 5.75. The lowest BCUT2D eigenvalue weighted by molar-refractivity contribution is 0.223. The van der Waals surface area contributed by atoms with Crippen LogP contribution >= 0.6 is 0 Å². The van der Waals surface area contributed by atoms with E-state index in [1.165, 1.54) is 25.1 Å². The molecule has 0 bridgehead atoms. The average molecular weight is 314 g/mol. The molecule has 1 fully saturated rings. The number of hydrogen-bond acceptors (Lipinski definition) is 1. The van der Waals surface area contributed by atoms with Crippen LogP contribution in [0, 0.1) is 5.92 Å². The molecule has 120 valence electrons. The molecule has 1 atom stereocenters. The maximum absolute atomic E-state index is 2.64. The van der Waals surface area contributed by atoms with Gasteiger partial charge in [-0.2, -0.15) is 0 Å². The predicted octanol–water partition coefficient (Wildman–Crippen LogP) is 5.28. The molecule has 1 aromatic carbocycles. The summed E-state index contributed by atoms with van der Waals surface area (Å²) >= 11 is 0. The molecular weight excluding hydrogens is 282 g/mol. The van der Waals surface area contributed by atoms with E-state index in [0.29, 0.717) is 5.92 Å². The molecule has 2 heteroatoms. The van der Waals surface area contributed by atoms with Gasteiger partial charge in [-0.05, 0) is 18.4 Å². The van der Waals surface area contributed by atoms with E-state index in [4.69, 9.17) is 0 Å². The van der Waals surface area contributed by atoms with Gasteiger partial charge in [0.2, 0.25) is 0 Å². The summed E-state index contributed by atoms with van der Waals surface area (Å²) in [6, 6.07) is 10.9. The van der Waals surface area contributed by atoms with Crippen molar-refractivity contribution >= 4 is 8.07 Å². The van der Waals surface area contributed by atoms with Crippen molar-refractivity contribution in [3.63, 3.8) is 0 Å². The highest BCUT2D eigenvalue weighted by atomic mass is 28.3. The second kappa shape index (κ2) is 7.93. The van der Waals surface area contributed by atoms with E-state index in [1.807, 2.05) is 0 Å². The quantitative estimate of drug-likeness (QED) is 0.528. The van der Waals surface area contributed by atoms with Crippen LogP contribution in [0.5, 0.6) is 0 Å². The van der Waals surface area contributed by atoms with Gasteiger partial charge in [0.05, 0.1) is 8.07 Å². The Morgan fingerprint density at radius 2 is 1.91 bits per heavy atom. The highest BCUT2D eigenvalue weighted by molar-refractivity contribution is 6.81. The molecule has 0 amide bonds. The van der Waals surface area contributed by atoms with Crippen LogP contribution in [0.1, 0.15) is 25.3 Å². The Balaban J connectivity index is 2.08. The van der Waals surface area contributed by atoms with E-state index in [-0.39, 0.29) is 0 Å². The fraction of sp³-hybridized carbons (Fsp3) is 0.500. The molecule has 2 rings (SSSR count). The summed E-state index contributed by atoms with van der Waals surface area (Å²) in [5.74, 6) is 0.615. The molecule has 1 heterocycles. The van der Waals surface area contributed by atoms with Crippen molar-refractivity contribution < 1.29 is 0 Å². The third kappa shape index (κ3) is 5.58. The lowest BCUT2D eigenvalue weighted by Gasteiger charge is -2.34. The first-order valence-electron chi connectivity index (χ1n) is 8.62. The van der Waals surface area contributed by atoms with Gasteiger partial charge < -0.3 is 0 Å². The second-order valence-corrected chi connectivity index (χ2v) is 12.5. The fourth-order valence-corrected chi connectivity index (χ4v) is 4.64. The highest BCUT2D eigenvalue weighted by Crippen LogP contribution is 2.27. The van der Waals surface area contributed by atoms with Crippen LogP contribution in [0.2, 0.25) is 19.6 Å². The molecule has 0 spiro atoms. The van der Waals surface area contributed by atoms with Gasteiger partial charge in [0.15, 0.2) is 0 Å². The Hall–Kier alpha value is -1.12. The van der Waals surface area contributed by atoms with Gasteiger partial charge in [-0.1, -0.05) is 80.3 Å². The minimum Gasteiger partial charge on any atom is -0.298 e. The summed E-state index contributed by atoms with van der Waals surface area (Å²) in [4.78, 5) is 2.61. The lowest BCUT2D eigenvalue weighted by Crippen LogP contribution is -2.36. The van der Waals surface area contributed by atoms with Crippen LogP contribution in [0.4, 0.5) is 0 Å². The summed E-state index contributed by atoms with van der Waals surface area (Å²) < 4.78 is 0. The van der Waals surface area contributed by atoms with Crippen LogP contribution in [0.3, 0.4) is 0 Å². The van der Waals surface area contributed by atoms with E-state index in [9.17, 15) is 0 Å². The Bertz CT molecular complexity index is 510. The number of hydrogen-bond donors (Lipinski definition) is 0. The van der Waals surface area contributed by atoms with Gasteiger partial charge in [0.25, 0.3) is 0 Å². The Kier molecular flexibility index (Phi) is 6.22. The van der Waals surface area contributed by atoms with Crippen molar-refractivity contribution in [1.29, 1.82) is 0 Å². The SMILES string of the molecule is CC/C=C\[C@@H]1CN(Cc2ccccc2)CC/C1=C\[Si](C)(C)C.